The van der Waals surface area contributed by atoms with Gasteiger partial charge in [0.05, 0.1) is 0 Å². The normalized spacial score (nSPS) is 10.9. The molecule has 0 aromatic carbocycles. The molecule has 0 bridgehead atoms. The van der Waals surface area contributed by atoms with Gasteiger partial charge < -0.3 is 4.57 Å². The second-order valence-corrected chi connectivity index (χ2v) is 3.51. The van der Waals surface area contributed by atoms with Crippen LogP contribution in [0.15, 0.2) is 16.7 Å². The summed E-state index contributed by atoms with van der Waals surface area (Å²) in [5.74, 6) is 0.982. The first kappa shape index (κ1) is 7.73. The second-order valence-electron chi connectivity index (χ2n) is 2.69. The molecule has 12 heavy (non-hydrogen) atoms. The smallest absolute Gasteiger partial charge is 0.161 e. The lowest BCUT2D eigenvalue weighted by Crippen LogP contribution is -1.92. The van der Waals surface area contributed by atoms with E-state index in [2.05, 4.69) is 25.9 Å². The molecule has 2 rings (SSSR count). The van der Waals surface area contributed by atoms with Gasteiger partial charge in [0.15, 0.2) is 5.65 Å². The minimum atomic E-state index is 0.845. The molecule has 0 fully saturated rings. The summed E-state index contributed by atoms with van der Waals surface area (Å²) in [7, 11) is 1.96. The molecule has 2 aromatic heterocycles. The van der Waals surface area contributed by atoms with Crippen LogP contribution in [-0.4, -0.2) is 14.5 Å². The maximum Gasteiger partial charge on any atom is 0.161 e. The molecule has 0 spiro atoms. The van der Waals surface area contributed by atoms with Gasteiger partial charge in [-0.05, 0) is 35.0 Å². The molecule has 0 unspecified atom stereocenters. The van der Waals surface area contributed by atoms with Gasteiger partial charge in [-0.2, -0.15) is 0 Å². The Morgan fingerprint density at radius 3 is 2.83 bits per heavy atom. The van der Waals surface area contributed by atoms with Crippen molar-refractivity contribution in [1.82, 2.24) is 14.5 Å². The minimum absolute atomic E-state index is 0.845. The highest BCUT2D eigenvalue weighted by Gasteiger charge is 2.04. The van der Waals surface area contributed by atoms with Crippen LogP contribution in [0.25, 0.3) is 11.2 Å². The number of fused-ring (bicyclic) bond motifs is 1. The van der Waals surface area contributed by atoms with Crippen molar-refractivity contribution in [1.29, 1.82) is 0 Å². The molecule has 0 N–H and O–H groups in total. The lowest BCUT2D eigenvalue weighted by molar-refractivity contribution is 0.873. The predicted molar refractivity (Wildman–Crippen MR) is 50.9 cm³/mol. The molecule has 2 aromatic rings. The van der Waals surface area contributed by atoms with Gasteiger partial charge in [0.25, 0.3) is 0 Å². The number of imidazole rings is 1. The van der Waals surface area contributed by atoms with Crippen molar-refractivity contribution >= 4 is 27.1 Å². The van der Waals surface area contributed by atoms with E-state index in [-0.39, 0.29) is 0 Å². The van der Waals surface area contributed by atoms with Crippen LogP contribution >= 0.6 is 15.9 Å². The zero-order chi connectivity index (χ0) is 8.72. The number of nitrogens with zero attached hydrogens (tertiary/aromatic N) is 3. The molecular weight excluding hydrogens is 218 g/mol. The number of rotatable bonds is 0. The van der Waals surface area contributed by atoms with Crippen LogP contribution in [-0.2, 0) is 7.05 Å². The van der Waals surface area contributed by atoms with Crippen LogP contribution in [0.1, 0.15) is 5.82 Å². The van der Waals surface area contributed by atoms with Crippen LogP contribution in [0.5, 0.6) is 0 Å². The van der Waals surface area contributed by atoms with Gasteiger partial charge in [-0.15, -0.1) is 0 Å². The van der Waals surface area contributed by atoms with Crippen molar-refractivity contribution in [2.24, 2.45) is 7.05 Å². The number of hydrogen-bond acceptors (Lipinski definition) is 2. The summed E-state index contributed by atoms with van der Waals surface area (Å²) in [5, 5.41) is 0. The van der Waals surface area contributed by atoms with E-state index in [0.29, 0.717) is 0 Å². The topological polar surface area (TPSA) is 30.7 Å². The molecule has 0 aliphatic heterocycles. The van der Waals surface area contributed by atoms with Crippen LogP contribution in [0.3, 0.4) is 0 Å². The Morgan fingerprint density at radius 2 is 2.08 bits per heavy atom. The molecule has 0 aliphatic rings. The summed E-state index contributed by atoms with van der Waals surface area (Å²) < 4.78 is 2.82. The van der Waals surface area contributed by atoms with Gasteiger partial charge >= 0.3 is 0 Å². The third-order valence-electron chi connectivity index (χ3n) is 1.91. The van der Waals surface area contributed by atoms with Gasteiger partial charge in [0.2, 0.25) is 0 Å². The molecule has 0 aliphatic carbocycles. The van der Waals surface area contributed by atoms with Crippen LogP contribution in [0.4, 0.5) is 0 Å². The SMILES string of the molecule is Cc1nc2ccc(Br)nc2n1C. The highest BCUT2D eigenvalue weighted by molar-refractivity contribution is 9.10. The Hall–Kier alpha value is -0.900. The highest BCUT2D eigenvalue weighted by atomic mass is 79.9. The fourth-order valence-electron chi connectivity index (χ4n) is 1.15. The van der Waals surface area contributed by atoms with E-state index in [1.54, 1.807) is 0 Å². The monoisotopic (exact) mass is 225 g/mol. The molecule has 2 heterocycles. The summed E-state index contributed by atoms with van der Waals surface area (Å²) in [4.78, 5) is 8.65. The molecule has 0 saturated carbocycles. The number of aryl methyl sites for hydroxylation is 2. The summed E-state index contributed by atoms with van der Waals surface area (Å²) in [6.45, 7) is 1.97. The molecule has 4 heteroatoms. The van der Waals surface area contributed by atoms with Crippen LogP contribution in [0.2, 0.25) is 0 Å². The van der Waals surface area contributed by atoms with Gasteiger partial charge in [-0.3, -0.25) is 0 Å². The Morgan fingerprint density at radius 1 is 1.33 bits per heavy atom. The van der Waals surface area contributed by atoms with Gasteiger partial charge in [-0.1, -0.05) is 0 Å². The van der Waals surface area contributed by atoms with E-state index >= 15 is 0 Å². The largest absolute Gasteiger partial charge is 0.316 e. The molecule has 0 saturated heterocycles. The lowest BCUT2D eigenvalue weighted by atomic mass is 10.4. The van der Waals surface area contributed by atoms with E-state index < -0.39 is 0 Å². The number of pyridine rings is 1. The van der Waals surface area contributed by atoms with Crippen LogP contribution < -0.4 is 0 Å². The quantitative estimate of drug-likeness (QED) is 0.643. The Labute approximate surface area is 78.6 Å². The average molecular weight is 226 g/mol. The van der Waals surface area contributed by atoms with Gasteiger partial charge in [0.1, 0.15) is 15.9 Å². The average Bonchev–Trinajstić information content (AvgIpc) is 2.31. The number of halogens is 1. The zero-order valence-electron chi connectivity index (χ0n) is 6.87. The summed E-state index contributed by atoms with van der Waals surface area (Å²) >= 11 is 3.32. The first-order chi connectivity index (χ1) is 5.68. The fourth-order valence-corrected chi connectivity index (χ4v) is 1.45. The molecule has 0 amide bonds. The molecule has 0 radical (unpaired) electrons. The van der Waals surface area contributed by atoms with Crippen molar-refractivity contribution in [3.63, 3.8) is 0 Å². The summed E-state index contributed by atoms with van der Waals surface area (Å²) in [6, 6.07) is 3.86. The second kappa shape index (κ2) is 2.55. The lowest BCUT2D eigenvalue weighted by Gasteiger charge is -1.94. The molecule has 3 nitrogen and oxygen atoms in total. The zero-order valence-corrected chi connectivity index (χ0v) is 8.46. The van der Waals surface area contributed by atoms with E-state index in [1.807, 2.05) is 30.7 Å². The Kier molecular flexibility index (Phi) is 1.65. The highest BCUT2D eigenvalue weighted by Crippen LogP contribution is 2.15. The Bertz CT molecular complexity index is 433. The number of aromatic nitrogens is 3. The van der Waals surface area contributed by atoms with Crippen LogP contribution in [0, 0.1) is 6.92 Å². The number of hydrogen-bond donors (Lipinski definition) is 0. The molecular formula is C8H8BrN3. The van der Waals surface area contributed by atoms with Gasteiger partial charge in [0, 0.05) is 7.05 Å². The third-order valence-corrected chi connectivity index (χ3v) is 2.35. The predicted octanol–water partition coefficient (Wildman–Crippen LogP) is 2.04. The maximum absolute atomic E-state index is 4.33. The maximum atomic E-state index is 4.33. The van der Waals surface area contributed by atoms with Crippen molar-refractivity contribution in [3.8, 4) is 0 Å². The summed E-state index contributed by atoms with van der Waals surface area (Å²) in [5.41, 5.74) is 1.86. The Balaban J connectivity index is 2.88. The minimum Gasteiger partial charge on any atom is -0.316 e. The molecule has 62 valence electrons. The molecule has 0 atom stereocenters. The van der Waals surface area contributed by atoms with Crippen molar-refractivity contribution in [2.45, 2.75) is 6.92 Å². The fraction of sp³-hybridized carbons (Fsp3) is 0.250. The van der Waals surface area contributed by atoms with E-state index in [4.69, 9.17) is 0 Å². The third kappa shape index (κ3) is 1.03. The van der Waals surface area contributed by atoms with E-state index in [1.165, 1.54) is 0 Å². The standard InChI is InChI=1S/C8H8BrN3/c1-5-10-6-3-4-7(9)11-8(6)12(5)2/h3-4H,1-2H3. The van der Waals surface area contributed by atoms with E-state index in [0.717, 1.165) is 21.6 Å². The van der Waals surface area contributed by atoms with Crippen molar-refractivity contribution in [3.05, 3.63) is 22.6 Å². The summed E-state index contributed by atoms with van der Waals surface area (Å²) in [6.07, 6.45) is 0. The van der Waals surface area contributed by atoms with Crippen molar-refractivity contribution in [2.75, 3.05) is 0 Å². The van der Waals surface area contributed by atoms with E-state index in [9.17, 15) is 0 Å². The first-order valence-corrected chi connectivity index (χ1v) is 4.43. The first-order valence-electron chi connectivity index (χ1n) is 3.64. The van der Waals surface area contributed by atoms with Gasteiger partial charge in [-0.25, -0.2) is 9.97 Å². The van der Waals surface area contributed by atoms with Crippen molar-refractivity contribution < 1.29 is 0 Å².